The molecule has 0 aliphatic carbocycles. The molecule has 0 saturated carbocycles. The molecule has 0 unspecified atom stereocenters. The summed E-state index contributed by atoms with van der Waals surface area (Å²) in [5.41, 5.74) is 2.02. The number of likely N-dealkylation sites (tertiary alicyclic amines) is 1. The van der Waals surface area contributed by atoms with Crippen LogP contribution in [0, 0.1) is 6.92 Å². The summed E-state index contributed by atoms with van der Waals surface area (Å²) < 4.78 is 95.2. The maximum absolute atomic E-state index is 11.6. The fourth-order valence-electron chi connectivity index (χ4n) is 3.51. The summed E-state index contributed by atoms with van der Waals surface area (Å²) in [5, 5.41) is 14.2. The topological polar surface area (TPSA) is 146 Å². The number of halogens is 6. The zero-order valence-electron chi connectivity index (χ0n) is 19.0. The van der Waals surface area contributed by atoms with E-state index in [1.807, 2.05) is 25.1 Å². The van der Waals surface area contributed by atoms with Crippen LogP contribution in [0.25, 0.3) is 0 Å². The molecule has 17 heteroatoms. The highest BCUT2D eigenvalue weighted by Crippen LogP contribution is 2.30. The number of nitrogens with zero attached hydrogens (tertiary/aromatic N) is 2. The van der Waals surface area contributed by atoms with Gasteiger partial charge in [0.1, 0.15) is 0 Å². The van der Waals surface area contributed by atoms with E-state index < -0.39 is 34.3 Å². The van der Waals surface area contributed by atoms with Crippen molar-refractivity contribution < 1.29 is 59.3 Å². The van der Waals surface area contributed by atoms with E-state index in [-0.39, 0.29) is 18.2 Å². The Hall–Kier alpha value is -2.50. The van der Waals surface area contributed by atoms with Gasteiger partial charge in [0.25, 0.3) is 0 Å². The number of carboxylic acid groups (broad SMARTS) is 2. The molecule has 3 N–H and O–H groups in total. The molecule has 206 valence electrons. The van der Waals surface area contributed by atoms with E-state index in [1.54, 1.807) is 0 Å². The first-order valence-corrected chi connectivity index (χ1v) is 12.1. The van der Waals surface area contributed by atoms with Crippen molar-refractivity contribution in [2.75, 3.05) is 19.4 Å². The molecule has 2 aliphatic rings. The third-order valence-corrected chi connectivity index (χ3v) is 5.52. The van der Waals surface area contributed by atoms with Gasteiger partial charge in [-0.1, -0.05) is 6.07 Å². The maximum Gasteiger partial charge on any atom is 0.490 e. The van der Waals surface area contributed by atoms with Gasteiger partial charge in [0.05, 0.1) is 24.1 Å². The van der Waals surface area contributed by atoms with Crippen molar-refractivity contribution in [3.63, 3.8) is 0 Å². The fourth-order valence-corrected chi connectivity index (χ4v) is 4.27. The Morgan fingerprint density at radius 2 is 1.67 bits per heavy atom. The molecule has 3 atom stereocenters. The number of carbonyl (C=O) groups is 2. The van der Waals surface area contributed by atoms with E-state index >= 15 is 0 Å². The molecule has 0 radical (unpaired) electrons. The van der Waals surface area contributed by atoms with Crippen molar-refractivity contribution in [3.8, 4) is 0 Å². The number of ether oxygens (including phenoxy) is 1. The second-order valence-corrected chi connectivity index (χ2v) is 9.63. The summed E-state index contributed by atoms with van der Waals surface area (Å²) in [6.45, 7) is 4.08. The Balaban J connectivity index is 0.000000383. The van der Waals surface area contributed by atoms with Gasteiger partial charge in [-0.2, -0.15) is 26.3 Å². The zero-order valence-corrected chi connectivity index (χ0v) is 19.8. The first-order valence-electron chi connectivity index (χ1n) is 10.2. The summed E-state index contributed by atoms with van der Waals surface area (Å²) in [7, 11) is -3.23. The highest BCUT2D eigenvalue weighted by Gasteiger charge is 2.45. The number of alkyl halides is 6. The van der Waals surface area contributed by atoms with Gasteiger partial charge in [-0.05, 0) is 31.9 Å². The van der Waals surface area contributed by atoms with Crippen molar-refractivity contribution in [2.24, 2.45) is 0 Å². The third-order valence-electron chi connectivity index (χ3n) is 4.79. The van der Waals surface area contributed by atoms with Crippen LogP contribution in [0.4, 0.5) is 26.3 Å². The van der Waals surface area contributed by atoms with Gasteiger partial charge in [0.2, 0.25) is 10.0 Å². The quantitative estimate of drug-likeness (QED) is 0.476. The van der Waals surface area contributed by atoms with Gasteiger partial charge in [-0.15, -0.1) is 0 Å². The Labute approximate surface area is 202 Å². The molecule has 10 nitrogen and oxygen atoms in total. The molecule has 0 bridgehead atoms. The third kappa shape index (κ3) is 11.0. The molecule has 3 heterocycles. The molecule has 1 aromatic rings. The van der Waals surface area contributed by atoms with E-state index in [1.165, 1.54) is 6.26 Å². The lowest BCUT2D eigenvalue weighted by Crippen LogP contribution is -2.47. The lowest BCUT2D eigenvalue weighted by molar-refractivity contribution is -0.193. The van der Waals surface area contributed by atoms with Gasteiger partial charge in [-0.3, -0.25) is 9.88 Å². The Bertz CT molecular complexity index is 980. The lowest BCUT2D eigenvalue weighted by Gasteiger charge is -2.32. The monoisotopic (exact) mass is 553 g/mol. The van der Waals surface area contributed by atoms with E-state index in [0.717, 1.165) is 30.8 Å². The average Bonchev–Trinajstić information content (AvgIpc) is 3.03. The van der Waals surface area contributed by atoms with Crippen LogP contribution in [-0.4, -0.2) is 90.4 Å². The minimum atomic E-state index is -5.08. The minimum Gasteiger partial charge on any atom is -0.475 e. The van der Waals surface area contributed by atoms with E-state index in [4.69, 9.17) is 24.5 Å². The number of hydrogen-bond donors (Lipinski definition) is 3. The van der Waals surface area contributed by atoms with Crippen molar-refractivity contribution in [2.45, 2.75) is 56.9 Å². The normalized spacial score (nSPS) is 22.4. The number of pyridine rings is 1. The Morgan fingerprint density at radius 1 is 1.14 bits per heavy atom. The van der Waals surface area contributed by atoms with Gasteiger partial charge in [0, 0.05) is 31.4 Å². The van der Waals surface area contributed by atoms with Gasteiger partial charge >= 0.3 is 24.3 Å². The zero-order chi connectivity index (χ0) is 27.9. The molecule has 2 saturated heterocycles. The summed E-state index contributed by atoms with van der Waals surface area (Å²) in [6.07, 6.45) is -6.97. The lowest BCUT2D eigenvalue weighted by atomic mass is 10.0. The number of aliphatic carboxylic acids is 2. The van der Waals surface area contributed by atoms with Crippen LogP contribution in [0.1, 0.15) is 24.2 Å². The van der Waals surface area contributed by atoms with E-state index in [9.17, 15) is 34.8 Å². The standard InChI is InChI=1S/C15H23N3O3S.2C2HF3O2/c1-11-5-3-6-12(16-11)9-18-10-13(17-22(2,19)20)15-14(18)7-4-8-21-15;2*3-2(4,5)1(6)7/h3,5-6,13-15,17H,4,7-10H2,1-2H3;2*(H,6,7)/t13-,14-,15-;;/m0../s1. The molecule has 0 amide bonds. The van der Waals surface area contributed by atoms with E-state index in [0.29, 0.717) is 13.2 Å². The maximum atomic E-state index is 11.6. The van der Waals surface area contributed by atoms with Crippen molar-refractivity contribution in [1.82, 2.24) is 14.6 Å². The van der Waals surface area contributed by atoms with Crippen LogP contribution in [0.3, 0.4) is 0 Å². The average molecular weight is 553 g/mol. The first kappa shape index (κ1) is 31.5. The molecular formula is C19H25F6N3O7S. The number of fused-ring (bicyclic) bond motifs is 1. The summed E-state index contributed by atoms with van der Waals surface area (Å²) >= 11 is 0. The fraction of sp³-hybridized carbons (Fsp3) is 0.632. The van der Waals surface area contributed by atoms with Gasteiger partial charge in [0.15, 0.2) is 0 Å². The molecule has 0 aromatic carbocycles. The summed E-state index contributed by atoms with van der Waals surface area (Å²) in [4.78, 5) is 24.6. The molecular weight excluding hydrogens is 528 g/mol. The second-order valence-electron chi connectivity index (χ2n) is 7.85. The number of aryl methyl sites for hydroxylation is 1. The minimum absolute atomic E-state index is 0.0618. The van der Waals surface area contributed by atoms with Crippen LogP contribution in [0.2, 0.25) is 0 Å². The smallest absolute Gasteiger partial charge is 0.475 e. The van der Waals surface area contributed by atoms with Crippen LogP contribution >= 0.6 is 0 Å². The highest BCUT2D eigenvalue weighted by atomic mass is 32.2. The molecule has 3 rings (SSSR count). The Morgan fingerprint density at radius 3 is 2.11 bits per heavy atom. The second kappa shape index (κ2) is 12.6. The summed E-state index contributed by atoms with van der Waals surface area (Å²) in [5.74, 6) is -5.51. The van der Waals surface area contributed by atoms with Crippen molar-refractivity contribution >= 4 is 22.0 Å². The van der Waals surface area contributed by atoms with Crippen molar-refractivity contribution in [1.29, 1.82) is 0 Å². The van der Waals surface area contributed by atoms with Crippen LogP contribution in [0.5, 0.6) is 0 Å². The van der Waals surface area contributed by atoms with Crippen LogP contribution < -0.4 is 4.72 Å². The van der Waals surface area contributed by atoms with Crippen LogP contribution in [-0.2, 0) is 30.9 Å². The van der Waals surface area contributed by atoms with E-state index in [2.05, 4.69) is 14.6 Å². The SMILES string of the molecule is Cc1cccc(CN2C[C@H](NS(C)(=O)=O)[C@@H]3OCCC[C@@H]32)n1.O=C(O)C(F)(F)F.O=C(O)C(F)(F)F. The summed E-state index contributed by atoms with van der Waals surface area (Å²) in [6, 6.07) is 6.09. The number of rotatable bonds is 4. The van der Waals surface area contributed by atoms with Gasteiger partial charge < -0.3 is 14.9 Å². The van der Waals surface area contributed by atoms with Gasteiger partial charge in [-0.25, -0.2) is 22.7 Å². The largest absolute Gasteiger partial charge is 0.490 e. The Kier molecular flexibility index (Phi) is 11.1. The predicted octanol–water partition coefficient (Wildman–Crippen LogP) is 1.94. The molecule has 1 aromatic heterocycles. The highest BCUT2D eigenvalue weighted by molar-refractivity contribution is 7.88. The number of sulfonamides is 1. The predicted molar refractivity (Wildman–Crippen MR) is 111 cm³/mol. The number of carboxylic acids is 2. The van der Waals surface area contributed by atoms with Crippen molar-refractivity contribution in [3.05, 3.63) is 29.6 Å². The molecule has 0 spiro atoms. The molecule has 2 aliphatic heterocycles. The first-order chi connectivity index (χ1) is 16.3. The number of hydrogen-bond acceptors (Lipinski definition) is 7. The molecule has 2 fully saturated rings. The van der Waals surface area contributed by atoms with Crippen LogP contribution in [0.15, 0.2) is 18.2 Å². The number of aromatic nitrogens is 1. The molecule has 36 heavy (non-hydrogen) atoms. The number of nitrogens with one attached hydrogen (secondary N) is 1.